The molecule has 110 valence electrons. The molecule has 0 spiro atoms. The van der Waals surface area contributed by atoms with Gasteiger partial charge in [-0.3, -0.25) is 9.97 Å². The van der Waals surface area contributed by atoms with Gasteiger partial charge in [0.2, 0.25) is 0 Å². The molecule has 1 aromatic rings. The number of aromatic nitrogens is 4. The molecule has 3 rings (SSSR count). The Hall–Kier alpha value is -3.59. The van der Waals surface area contributed by atoms with Crippen molar-refractivity contribution in [3.05, 3.63) is 73.5 Å². The summed E-state index contributed by atoms with van der Waals surface area (Å²) < 4.78 is 5.32. The first-order valence-electron chi connectivity index (χ1n) is 6.76. The molecule has 0 aromatic heterocycles. The maximum atomic E-state index is 9.25. The van der Waals surface area contributed by atoms with E-state index in [9.17, 15) is 5.26 Å². The van der Waals surface area contributed by atoms with Crippen LogP contribution < -0.4 is 0 Å². The molecule has 2 aliphatic rings. The summed E-state index contributed by atoms with van der Waals surface area (Å²) in [6.07, 6.45) is 10.7. The van der Waals surface area contributed by atoms with Crippen molar-refractivity contribution in [1.82, 2.24) is 19.9 Å². The van der Waals surface area contributed by atoms with Gasteiger partial charge in [0.05, 0.1) is 36.0 Å². The zero-order chi connectivity index (χ0) is 15.9. The third-order valence-electron chi connectivity index (χ3n) is 3.06. The molecular weight excluding hydrogens is 290 g/mol. The maximum absolute atomic E-state index is 9.25. The number of benzene rings is 1. The average Bonchev–Trinajstić information content (AvgIpc) is 3.02. The van der Waals surface area contributed by atoms with Gasteiger partial charge in [-0.1, -0.05) is 12.1 Å². The summed E-state index contributed by atoms with van der Waals surface area (Å²) in [6.45, 7) is 0. The van der Waals surface area contributed by atoms with E-state index in [2.05, 4.69) is 26.0 Å². The summed E-state index contributed by atoms with van der Waals surface area (Å²) in [5.41, 5.74) is 1.80. The van der Waals surface area contributed by atoms with Crippen LogP contribution in [0.3, 0.4) is 0 Å². The van der Waals surface area contributed by atoms with Crippen molar-refractivity contribution in [3.8, 4) is 17.5 Å². The molecule has 0 saturated carbocycles. The highest BCUT2D eigenvalue weighted by molar-refractivity contribution is 5.85. The number of imidazole rings is 1. The normalized spacial score (nSPS) is 9.70. The first-order chi connectivity index (χ1) is 11.4. The van der Waals surface area contributed by atoms with Crippen LogP contribution >= 0.6 is 0 Å². The molecule has 6 heteroatoms. The van der Waals surface area contributed by atoms with Gasteiger partial charge in [-0.15, -0.1) is 0 Å². The molecule has 2 heterocycles. The van der Waals surface area contributed by atoms with Crippen molar-refractivity contribution >= 4 is 10.8 Å². The lowest BCUT2D eigenvalue weighted by atomic mass is 10.1. The van der Waals surface area contributed by atoms with E-state index in [1.807, 2.05) is 6.07 Å². The fraction of sp³-hybridized carbons (Fsp3) is 0. The molecule has 23 heavy (non-hydrogen) atoms. The topological polar surface area (TPSA) is 88.5 Å². The summed E-state index contributed by atoms with van der Waals surface area (Å²) in [4.78, 5) is 16.6. The fourth-order valence-electron chi connectivity index (χ4n) is 1.97. The summed E-state index contributed by atoms with van der Waals surface area (Å²) in [5, 5.41) is 10.7. The van der Waals surface area contributed by atoms with Crippen LogP contribution in [-0.2, 0) is 0 Å². The zero-order valence-electron chi connectivity index (χ0n) is 12.0. The molecule has 0 aliphatic carbocycles. The summed E-state index contributed by atoms with van der Waals surface area (Å²) in [6, 6.07) is 9.23. The maximum Gasteiger partial charge on any atom is 0.116 e. The fourth-order valence-corrected chi connectivity index (χ4v) is 1.97. The Labute approximate surface area is 132 Å². The van der Waals surface area contributed by atoms with E-state index >= 15 is 0 Å². The lowest BCUT2D eigenvalue weighted by Crippen LogP contribution is -1.78. The predicted molar refractivity (Wildman–Crippen MR) is 84.0 cm³/mol. The van der Waals surface area contributed by atoms with Crippen LogP contribution in [0.2, 0.25) is 0 Å². The second-order valence-electron chi connectivity index (χ2n) is 4.48. The van der Waals surface area contributed by atoms with Crippen LogP contribution in [0.4, 0.5) is 0 Å². The van der Waals surface area contributed by atoms with Crippen molar-refractivity contribution in [2.24, 2.45) is 0 Å². The summed E-state index contributed by atoms with van der Waals surface area (Å²) >= 11 is 0. The van der Waals surface area contributed by atoms with Gasteiger partial charge in [0.15, 0.2) is 0 Å². The quantitative estimate of drug-likeness (QED) is 0.633. The molecule has 0 bridgehead atoms. The van der Waals surface area contributed by atoms with E-state index in [4.69, 9.17) is 4.42 Å². The van der Waals surface area contributed by atoms with Gasteiger partial charge in [-0.25, -0.2) is 9.97 Å². The van der Waals surface area contributed by atoms with Crippen LogP contribution in [0, 0.1) is 11.3 Å². The lowest BCUT2D eigenvalue weighted by molar-refractivity contribution is 0.557. The molecule has 0 saturated heterocycles. The smallest absolute Gasteiger partial charge is 0.116 e. The highest BCUT2D eigenvalue weighted by Gasteiger charge is 2.00. The average molecular weight is 301 g/mol. The molecular formula is C17H11N5O. The van der Waals surface area contributed by atoms with Crippen molar-refractivity contribution in [3.63, 3.8) is 0 Å². The molecule has 0 atom stereocenters. The highest BCUT2D eigenvalue weighted by atomic mass is 16.3. The Morgan fingerprint density at radius 1 is 0.957 bits per heavy atom. The minimum Gasteiger partial charge on any atom is -0.470 e. The van der Waals surface area contributed by atoms with E-state index in [0.717, 1.165) is 5.39 Å². The van der Waals surface area contributed by atoms with E-state index in [1.165, 1.54) is 25.1 Å². The Morgan fingerprint density at radius 2 is 1.87 bits per heavy atom. The first-order valence-corrected chi connectivity index (χ1v) is 6.76. The molecule has 1 aromatic carbocycles. The minimum atomic E-state index is 0.508. The SMILES string of the molecule is N#Cc1cccc2coccnccc3ncnc-3cncc12. The number of nitrogens with zero attached hydrogens (tertiary/aromatic N) is 5. The van der Waals surface area contributed by atoms with E-state index < -0.39 is 0 Å². The van der Waals surface area contributed by atoms with Gasteiger partial charge < -0.3 is 4.42 Å². The van der Waals surface area contributed by atoms with Gasteiger partial charge in [-0.2, -0.15) is 5.26 Å². The van der Waals surface area contributed by atoms with E-state index in [1.54, 1.807) is 36.8 Å². The van der Waals surface area contributed by atoms with Gasteiger partial charge in [0, 0.05) is 23.2 Å². The van der Waals surface area contributed by atoms with Crippen LogP contribution in [0.15, 0.2) is 72.3 Å². The molecule has 2 aliphatic heterocycles. The van der Waals surface area contributed by atoms with Crippen LogP contribution in [0.1, 0.15) is 5.56 Å². The van der Waals surface area contributed by atoms with Crippen molar-refractivity contribution < 1.29 is 4.42 Å². The Bertz CT molecular complexity index is 958. The first kappa shape index (κ1) is 14.4. The third-order valence-corrected chi connectivity index (χ3v) is 3.06. The zero-order valence-corrected chi connectivity index (χ0v) is 12.0. The predicted octanol–water partition coefficient (Wildman–Crippen LogP) is 3.24. The monoisotopic (exact) mass is 301 g/mol. The van der Waals surface area contributed by atoms with E-state index in [-0.39, 0.29) is 0 Å². The number of rotatable bonds is 0. The molecule has 0 fully saturated rings. The highest BCUT2D eigenvalue weighted by Crippen LogP contribution is 2.15. The number of fused-ring (bicyclic) bond motifs is 2. The van der Waals surface area contributed by atoms with Crippen LogP contribution in [0.25, 0.3) is 22.2 Å². The van der Waals surface area contributed by atoms with Gasteiger partial charge in [0.1, 0.15) is 18.3 Å². The van der Waals surface area contributed by atoms with Crippen molar-refractivity contribution in [2.45, 2.75) is 0 Å². The van der Waals surface area contributed by atoms with Gasteiger partial charge in [-0.05, 0) is 12.1 Å². The molecule has 0 amide bonds. The summed E-state index contributed by atoms with van der Waals surface area (Å²) in [7, 11) is 0. The second kappa shape index (κ2) is 6.91. The number of hydrogen-bond acceptors (Lipinski definition) is 6. The lowest BCUT2D eigenvalue weighted by Gasteiger charge is -1.94. The Balaban J connectivity index is 2.32. The molecule has 0 N–H and O–H groups in total. The summed E-state index contributed by atoms with van der Waals surface area (Å²) in [5.74, 6) is 0. The molecule has 0 unspecified atom stereocenters. The Morgan fingerprint density at radius 3 is 2.78 bits per heavy atom. The van der Waals surface area contributed by atoms with Crippen LogP contribution in [0.5, 0.6) is 0 Å². The second-order valence-corrected chi connectivity index (χ2v) is 4.48. The van der Waals surface area contributed by atoms with Crippen LogP contribution in [-0.4, -0.2) is 19.9 Å². The van der Waals surface area contributed by atoms with Crippen molar-refractivity contribution in [2.75, 3.05) is 0 Å². The molecule has 0 radical (unpaired) electrons. The standard InChI is InChI=1S/C17H11N5O/c18-8-13-2-1-3-14-11-23-7-6-19-5-4-16-17(22-12-21-16)10-20-9-15(13)14/h1-7,9-12H. The Kier molecular flexibility index (Phi) is 4.31. The third kappa shape index (κ3) is 3.36. The van der Waals surface area contributed by atoms with E-state index in [0.29, 0.717) is 22.3 Å². The number of nitriles is 1. The minimum absolute atomic E-state index is 0.508. The van der Waals surface area contributed by atoms with Gasteiger partial charge >= 0.3 is 0 Å². The largest absolute Gasteiger partial charge is 0.470 e. The molecule has 6 nitrogen and oxygen atoms in total. The van der Waals surface area contributed by atoms with Gasteiger partial charge in [0.25, 0.3) is 0 Å². The van der Waals surface area contributed by atoms with Crippen molar-refractivity contribution in [1.29, 1.82) is 5.26 Å². The number of hydrogen-bond donors (Lipinski definition) is 0.